The van der Waals surface area contributed by atoms with Gasteiger partial charge in [-0.1, -0.05) is 18.2 Å². The van der Waals surface area contributed by atoms with Crippen molar-refractivity contribution in [1.82, 2.24) is 4.90 Å². The summed E-state index contributed by atoms with van der Waals surface area (Å²) in [7, 11) is 5.08. The van der Waals surface area contributed by atoms with Crippen molar-refractivity contribution in [2.45, 2.75) is 13.0 Å². The maximum absolute atomic E-state index is 11.8. The molecule has 1 aromatic heterocycles. The fourth-order valence-electron chi connectivity index (χ4n) is 1.91. The summed E-state index contributed by atoms with van der Waals surface area (Å²) in [6.45, 7) is 1.99. The molecule has 0 bridgehead atoms. The van der Waals surface area contributed by atoms with Crippen molar-refractivity contribution in [1.29, 1.82) is 0 Å². The van der Waals surface area contributed by atoms with Crippen LogP contribution in [0.4, 0.5) is 0 Å². The molecule has 106 valence electrons. The second-order valence-electron chi connectivity index (χ2n) is 4.87. The molecular weight excluding hydrogens is 254 g/mol. The Morgan fingerprint density at radius 1 is 1.25 bits per heavy atom. The van der Waals surface area contributed by atoms with Crippen LogP contribution in [0.15, 0.2) is 40.8 Å². The van der Waals surface area contributed by atoms with E-state index < -0.39 is 0 Å². The fourth-order valence-corrected chi connectivity index (χ4v) is 1.91. The quantitative estimate of drug-likeness (QED) is 0.858. The number of methoxy groups -OCH3 is 1. The smallest absolute Gasteiger partial charge is 0.289 e. The van der Waals surface area contributed by atoms with Gasteiger partial charge < -0.3 is 14.1 Å². The summed E-state index contributed by atoms with van der Waals surface area (Å²) in [4.78, 5) is 13.3. The van der Waals surface area contributed by atoms with E-state index in [4.69, 9.17) is 9.15 Å². The van der Waals surface area contributed by atoms with E-state index in [-0.39, 0.29) is 12.0 Å². The zero-order valence-electron chi connectivity index (χ0n) is 12.2. The lowest BCUT2D eigenvalue weighted by atomic mass is 10.1. The maximum atomic E-state index is 11.8. The molecule has 20 heavy (non-hydrogen) atoms. The summed E-state index contributed by atoms with van der Waals surface area (Å²) in [5.74, 6) is 0.883. The van der Waals surface area contributed by atoms with E-state index in [1.54, 1.807) is 27.3 Å². The largest absolute Gasteiger partial charge is 0.451 e. The van der Waals surface area contributed by atoms with Gasteiger partial charge in [-0.3, -0.25) is 4.79 Å². The lowest BCUT2D eigenvalue weighted by Crippen LogP contribution is -2.20. The number of benzene rings is 1. The van der Waals surface area contributed by atoms with Gasteiger partial charge in [-0.25, -0.2) is 0 Å². The Balaban J connectivity index is 2.31. The van der Waals surface area contributed by atoms with Crippen molar-refractivity contribution in [3.63, 3.8) is 0 Å². The Morgan fingerprint density at radius 2 is 2.00 bits per heavy atom. The fraction of sp³-hybridized carbons (Fsp3) is 0.312. The third-order valence-electron chi connectivity index (χ3n) is 3.22. The molecule has 1 aromatic carbocycles. The lowest BCUT2D eigenvalue weighted by Gasteiger charge is -2.10. The number of amides is 1. The summed E-state index contributed by atoms with van der Waals surface area (Å²) < 4.78 is 10.9. The molecule has 0 aliphatic heterocycles. The third-order valence-corrected chi connectivity index (χ3v) is 3.22. The monoisotopic (exact) mass is 273 g/mol. The van der Waals surface area contributed by atoms with Crippen LogP contribution < -0.4 is 0 Å². The lowest BCUT2D eigenvalue weighted by molar-refractivity contribution is 0.0797. The highest BCUT2D eigenvalue weighted by atomic mass is 16.5. The van der Waals surface area contributed by atoms with Gasteiger partial charge in [-0.15, -0.1) is 0 Å². The van der Waals surface area contributed by atoms with E-state index in [9.17, 15) is 4.79 Å². The van der Waals surface area contributed by atoms with Crippen LogP contribution >= 0.6 is 0 Å². The second-order valence-corrected chi connectivity index (χ2v) is 4.87. The average Bonchev–Trinajstić information content (AvgIpc) is 2.95. The van der Waals surface area contributed by atoms with Gasteiger partial charge in [0.25, 0.3) is 5.91 Å². The van der Waals surface area contributed by atoms with Crippen LogP contribution in [0.25, 0.3) is 11.3 Å². The molecule has 0 saturated carbocycles. The molecule has 0 saturated heterocycles. The minimum Gasteiger partial charge on any atom is -0.451 e. The first-order valence-electron chi connectivity index (χ1n) is 6.47. The van der Waals surface area contributed by atoms with Crippen LogP contribution in [-0.2, 0) is 4.74 Å². The van der Waals surface area contributed by atoms with E-state index in [2.05, 4.69) is 0 Å². The predicted octanol–water partition coefficient (Wildman–Crippen LogP) is 3.36. The van der Waals surface area contributed by atoms with E-state index in [1.165, 1.54) is 4.90 Å². The molecule has 1 atom stereocenters. The number of ether oxygens (including phenoxy) is 1. The van der Waals surface area contributed by atoms with E-state index in [1.807, 2.05) is 37.3 Å². The first-order valence-corrected chi connectivity index (χ1v) is 6.47. The highest BCUT2D eigenvalue weighted by Gasteiger charge is 2.14. The summed E-state index contributed by atoms with van der Waals surface area (Å²) in [5.41, 5.74) is 2.01. The third kappa shape index (κ3) is 2.91. The minimum atomic E-state index is -0.141. The van der Waals surface area contributed by atoms with Gasteiger partial charge in [0.2, 0.25) is 0 Å². The van der Waals surface area contributed by atoms with Gasteiger partial charge in [0.05, 0.1) is 6.10 Å². The molecule has 0 spiro atoms. The van der Waals surface area contributed by atoms with Crippen molar-refractivity contribution >= 4 is 5.91 Å². The van der Waals surface area contributed by atoms with E-state index in [0.29, 0.717) is 11.5 Å². The normalized spacial score (nSPS) is 12.2. The Hall–Kier alpha value is -2.07. The first-order chi connectivity index (χ1) is 9.52. The molecule has 4 heteroatoms. The zero-order valence-corrected chi connectivity index (χ0v) is 12.2. The zero-order chi connectivity index (χ0) is 14.7. The summed E-state index contributed by atoms with van der Waals surface area (Å²) in [6, 6.07) is 11.4. The molecule has 1 amide bonds. The van der Waals surface area contributed by atoms with Gasteiger partial charge in [0, 0.05) is 26.8 Å². The van der Waals surface area contributed by atoms with Crippen molar-refractivity contribution in [3.8, 4) is 11.3 Å². The maximum Gasteiger partial charge on any atom is 0.289 e. The van der Waals surface area contributed by atoms with Crippen LogP contribution in [0.1, 0.15) is 29.1 Å². The standard InChI is InChI=1S/C16H19NO3/c1-11(19-4)12-6-5-7-13(10-12)14-8-9-15(20-14)16(18)17(2)3/h5-11H,1-4H3. The average molecular weight is 273 g/mol. The molecule has 0 aliphatic carbocycles. The van der Waals surface area contributed by atoms with Crippen molar-refractivity contribution in [2.75, 3.05) is 21.2 Å². The molecule has 0 N–H and O–H groups in total. The number of nitrogens with zero attached hydrogens (tertiary/aromatic N) is 1. The molecule has 0 fully saturated rings. The number of rotatable bonds is 4. The van der Waals surface area contributed by atoms with Gasteiger partial charge in [0.1, 0.15) is 5.76 Å². The van der Waals surface area contributed by atoms with E-state index in [0.717, 1.165) is 11.1 Å². The number of furan rings is 1. The molecule has 1 heterocycles. The SMILES string of the molecule is COC(C)c1cccc(-c2ccc(C(=O)N(C)C)o2)c1. The number of hydrogen-bond acceptors (Lipinski definition) is 3. The Kier molecular flexibility index (Phi) is 4.25. The Morgan fingerprint density at radius 3 is 2.65 bits per heavy atom. The van der Waals surface area contributed by atoms with Crippen molar-refractivity contribution in [2.24, 2.45) is 0 Å². The molecule has 2 rings (SSSR count). The summed E-state index contributed by atoms with van der Waals surface area (Å²) in [6.07, 6.45) is 0.0211. The minimum absolute atomic E-state index is 0.0211. The van der Waals surface area contributed by atoms with Crippen molar-refractivity contribution < 1.29 is 13.9 Å². The predicted molar refractivity (Wildman–Crippen MR) is 77.6 cm³/mol. The molecule has 4 nitrogen and oxygen atoms in total. The summed E-state index contributed by atoms with van der Waals surface area (Å²) >= 11 is 0. The van der Waals surface area contributed by atoms with Crippen LogP contribution in [0.5, 0.6) is 0 Å². The van der Waals surface area contributed by atoms with Crippen LogP contribution in [0.3, 0.4) is 0 Å². The highest BCUT2D eigenvalue weighted by Crippen LogP contribution is 2.26. The molecule has 0 radical (unpaired) electrons. The van der Waals surface area contributed by atoms with Gasteiger partial charge in [-0.2, -0.15) is 0 Å². The number of carbonyl (C=O) groups is 1. The van der Waals surface area contributed by atoms with Crippen molar-refractivity contribution in [3.05, 3.63) is 47.7 Å². The van der Waals surface area contributed by atoms with Crippen LogP contribution in [-0.4, -0.2) is 32.0 Å². The molecule has 0 aliphatic rings. The van der Waals surface area contributed by atoms with Gasteiger partial charge in [-0.05, 0) is 30.7 Å². The highest BCUT2D eigenvalue weighted by molar-refractivity contribution is 5.91. The molecule has 2 aromatic rings. The van der Waals surface area contributed by atoms with Crippen LogP contribution in [0.2, 0.25) is 0 Å². The first kappa shape index (κ1) is 14.3. The molecular formula is C16H19NO3. The van der Waals surface area contributed by atoms with Gasteiger partial charge in [0.15, 0.2) is 5.76 Å². The molecule has 1 unspecified atom stereocenters. The van der Waals surface area contributed by atoms with Crippen LogP contribution in [0, 0.1) is 0 Å². The Bertz CT molecular complexity index is 601. The Labute approximate surface area is 119 Å². The number of carbonyl (C=O) groups excluding carboxylic acids is 1. The topological polar surface area (TPSA) is 42.7 Å². The summed E-state index contributed by atoms with van der Waals surface area (Å²) in [5, 5.41) is 0. The van der Waals surface area contributed by atoms with Gasteiger partial charge >= 0.3 is 0 Å². The number of hydrogen-bond donors (Lipinski definition) is 0. The van der Waals surface area contributed by atoms with E-state index >= 15 is 0 Å². The second kappa shape index (κ2) is 5.92.